The summed E-state index contributed by atoms with van der Waals surface area (Å²) in [4.78, 5) is 27.8. The minimum Gasteiger partial charge on any atom is -0.385 e. The fraction of sp³-hybridized carbons (Fsp3) is 0.522. The number of fused-ring (bicyclic) bond motifs is 3. The lowest BCUT2D eigenvalue weighted by Gasteiger charge is -2.29. The maximum absolute atomic E-state index is 13.0. The zero-order valence-electron chi connectivity index (χ0n) is 50.1. The number of amides is 1. The maximum atomic E-state index is 13.0. The van der Waals surface area contributed by atoms with Gasteiger partial charge in [0, 0.05) is 91.6 Å². The standard InChI is InChI=1S/C67H91N7O7/c1-10-33-72-56-23-14-12-21-53(56)66(6,7)60(72)29-25-49-19-16-20-50(26-30-61-67(8,9)54-22-13-15-24-57(54)73(61)34-11-2)63(49)70-32-18-36-78-38-40-80-42-44-81-43-41-79-39-37-77-35-17-31-69-55-45-51(27-28-52(55)64(68)76)74-58-46-65(4,5)47-59(75)62(58)48(3)71-74/h12-15,21-30,45H,10-11,16-20,31-44,46-47H2,1-9H3,(H3,68,69,76)/p+1/b49-25+,60-29?. The van der Waals surface area contributed by atoms with Crippen molar-refractivity contribution in [1.82, 2.24) is 15.1 Å². The van der Waals surface area contributed by atoms with Crippen LogP contribution in [-0.4, -0.2) is 124 Å². The molecule has 4 aliphatic rings. The molecule has 0 saturated heterocycles. The molecule has 0 fully saturated rings. The summed E-state index contributed by atoms with van der Waals surface area (Å²) in [6.45, 7) is 28.5. The Kier molecular flexibility index (Phi) is 21.2. The second-order valence-electron chi connectivity index (χ2n) is 23.8. The number of carbonyl (C=O) groups is 2. The Morgan fingerprint density at radius 3 is 2.01 bits per heavy atom. The van der Waals surface area contributed by atoms with Gasteiger partial charge in [-0.3, -0.25) is 9.59 Å². The van der Waals surface area contributed by atoms with Crippen molar-refractivity contribution in [1.29, 1.82) is 0 Å². The quantitative estimate of drug-likeness (QED) is 0.0326. The van der Waals surface area contributed by atoms with Gasteiger partial charge in [0.05, 0.1) is 86.5 Å². The number of hydrogen-bond acceptors (Lipinski definition) is 11. The van der Waals surface area contributed by atoms with E-state index in [1.54, 1.807) is 6.07 Å². The number of hydrogen-bond donors (Lipinski definition) is 3. The summed E-state index contributed by atoms with van der Waals surface area (Å²) in [6, 6.07) is 23.2. The first-order valence-electron chi connectivity index (χ1n) is 29.9. The highest BCUT2D eigenvalue weighted by Gasteiger charge is 2.44. The van der Waals surface area contributed by atoms with E-state index >= 15 is 0 Å². The molecule has 81 heavy (non-hydrogen) atoms. The van der Waals surface area contributed by atoms with Crippen LogP contribution in [0, 0.1) is 12.3 Å². The van der Waals surface area contributed by atoms with Crippen molar-refractivity contribution in [3.05, 3.63) is 147 Å². The van der Waals surface area contributed by atoms with Crippen molar-refractivity contribution in [2.24, 2.45) is 11.1 Å². The number of rotatable bonds is 31. The number of nitrogens with two attached hydrogens (primary N) is 1. The second-order valence-corrected chi connectivity index (χ2v) is 23.8. The molecule has 14 heteroatoms. The van der Waals surface area contributed by atoms with Gasteiger partial charge in [0.2, 0.25) is 5.69 Å². The normalized spacial score (nSPS) is 18.1. The molecule has 3 aromatic carbocycles. The molecule has 1 amide bonds. The Hall–Kier alpha value is -6.16. The van der Waals surface area contributed by atoms with E-state index in [4.69, 9.17) is 34.5 Å². The van der Waals surface area contributed by atoms with Crippen LogP contribution in [0.2, 0.25) is 0 Å². The fourth-order valence-corrected chi connectivity index (χ4v) is 12.2. The lowest BCUT2D eigenvalue weighted by atomic mass is 9.75. The third-order valence-corrected chi connectivity index (χ3v) is 16.2. The molecule has 0 saturated carbocycles. The average molecular weight is 1110 g/mol. The molecule has 1 aromatic heterocycles. The second kappa shape index (κ2) is 28.2. The Morgan fingerprint density at radius 2 is 1.36 bits per heavy atom. The summed E-state index contributed by atoms with van der Waals surface area (Å²) in [6.07, 6.45) is 17.8. The van der Waals surface area contributed by atoms with Crippen LogP contribution in [-0.2, 0) is 40.9 Å². The van der Waals surface area contributed by atoms with Gasteiger partial charge in [-0.05, 0) is 118 Å². The number of ketones is 1. The highest BCUT2D eigenvalue weighted by molar-refractivity contribution is 6.03. The number of aromatic nitrogens is 2. The molecular weight excluding hydrogens is 1010 g/mol. The van der Waals surface area contributed by atoms with Gasteiger partial charge in [0.1, 0.15) is 6.54 Å². The summed E-state index contributed by atoms with van der Waals surface area (Å²) in [7, 11) is 0. The summed E-state index contributed by atoms with van der Waals surface area (Å²) in [5.41, 5.74) is 21.7. The molecule has 0 radical (unpaired) electrons. The van der Waals surface area contributed by atoms with Crippen molar-refractivity contribution in [2.45, 2.75) is 131 Å². The molecule has 0 spiro atoms. The average Bonchev–Trinajstić information content (AvgIpc) is 4.04. The molecule has 0 bridgehead atoms. The fourth-order valence-electron chi connectivity index (χ4n) is 12.2. The Labute approximate surface area is 482 Å². The smallest absolute Gasteiger partial charge is 0.250 e. The Bertz CT molecular complexity index is 2990. The predicted molar refractivity (Wildman–Crippen MR) is 326 cm³/mol. The Morgan fingerprint density at radius 1 is 0.728 bits per heavy atom. The zero-order chi connectivity index (χ0) is 57.6. The predicted octanol–water partition coefficient (Wildman–Crippen LogP) is 11.8. The van der Waals surface area contributed by atoms with Gasteiger partial charge < -0.3 is 45.0 Å². The van der Waals surface area contributed by atoms with Crippen LogP contribution in [0.25, 0.3) is 5.69 Å². The highest BCUT2D eigenvalue weighted by atomic mass is 16.6. The first kappa shape index (κ1) is 60.9. The van der Waals surface area contributed by atoms with Crippen molar-refractivity contribution >= 4 is 34.5 Å². The maximum Gasteiger partial charge on any atom is 0.250 e. The number of allylic oxidation sites excluding steroid dienone is 7. The monoisotopic (exact) mass is 1110 g/mol. The van der Waals surface area contributed by atoms with E-state index in [0.717, 1.165) is 81.7 Å². The number of carbonyl (C=O) groups excluding carboxylic acids is 2. The van der Waals surface area contributed by atoms with Gasteiger partial charge in [0.15, 0.2) is 11.5 Å². The van der Waals surface area contributed by atoms with Crippen molar-refractivity contribution in [3.8, 4) is 5.69 Å². The molecule has 4 N–H and O–H groups in total. The molecule has 2 aliphatic carbocycles. The number of ether oxygens (including phenoxy) is 5. The summed E-state index contributed by atoms with van der Waals surface area (Å²) >= 11 is 0. The van der Waals surface area contributed by atoms with Gasteiger partial charge in [0.25, 0.3) is 5.91 Å². The third kappa shape index (κ3) is 14.7. The first-order chi connectivity index (χ1) is 39.1. The van der Waals surface area contributed by atoms with E-state index in [1.807, 2.05) is 23.7 Å². The topological polar surface area (TPSA) is 154 Å². The first-order valence-corrected chi connectivity index (χ1v) is 29.9. The van der Waals surface area contributed by atoms with Crippen LogP contribution in [0.15, 0.2) is 114 Å². The molecule has 436 valence electrons. The van der Waals surface area contributed by atoms with Gasteiger partial charge >= 0.3 is 0 Å². The number of primary amides is 1. The van der Waals surface area contributed by atoms with E-state index in [-0.39, 0.29) is 22.0 Å². The van der Waals surface area contributed by atoms with E-state index in [1.165, 1.54) is 50.8 Å². The molecule has 0 atom stereocenters. The summed E-state index contributed by atoms with van der Waals surface area (Å²) in [5, 5.41) is 12.0. The highest BCUT2D eigenvalue weighted by Crippen LogP contribution is 2.48. The minimum atomic E-state index is -0.518. The number of Topliss-reactive ketones (excluding diaryl/α,β-unsaturated/α-hetero) is 1. The van der Waals surface area contributed by atoms with E-state index in [2.05, 4.69) is 148 Å². The van der Waals surface area contributed by atoms with Crippen molar-refractivity contribution in [3.63, 3.8) is 0 Å². The van der Waals surface area contributed by atoms with E-state index in [0.29, 0.717) is 102 Å². The van der Waals surface area contributed by atoms with Crippen LogP contribution in [0.1, 0.15) is 150 Å². The number of para-hydroxylation sites is 2. The number of benzene rings is 3. The number of nitrogens with zero attached hydrogens (tertiary/aromatic N) is 4. The zero-order valence-corrected chi connectivity index (χ0v) is 50.1. The van der Waals surface area contributed by atoms with E-state index in [9.17, 15) is 9.59 Å². The molecule has 4 aromatic rings. The molecule has 2 aliphatic heterocycles. The lowest BCUT2D eigenvalue weighted by molar-refractivity contribution is -0.437. The van der Waals surface area contributed by atoms with E-state index < -0.39 is 5.91 Å². The minimum absolute atomic E-state index is 0.0884. The Balaban J connectivity index is 0.726. The third-order valence-electron chi connectivity index (χ3n) is 16.2. The largest absolute Gasteiger partial charge is 0.385 e. The SMILES string of the molecule is CCCN1C(=C/C=C2\CCCC(C=CC3=[N+](CCC)c4ccccc4C3(C)C)=C2NCCCOCCOCCOCCOCCOCCCNc2cc(-n3nc(C)c4c3CC(C)(C)CC4=O)ccc2C(N)=O)C(C)(C)c2ccccc21. The summed E-state index contributed by atoms with van der Waals surface area (Å²) < 4.78 is 33.4. The van der Waals surface area contributed by atoms with Gasteiger partial charge in [-0.2, -0.15) is 9.67 Å². The number of aryl methyl sites for hydroxylation is 1. The van der Waals surface area contributed by atoms with Crippen LogP contribution in [0.4, 0.5) is 17.1 Å². The van der Waals surface area contributed by atoms with Crippen LogP contribution in [0.3, 0.4) is 0 Å². The van der Waals surface area contributed by atoms with Crippen LogP contribution < -0.4 is 21.3 Å². The summed E-state index contributed by atoms with van der Waals surface area (Å²) in [5.74, 6) is -0.396. The molecule has 3 heterocycles. The molecule has 14 nitrogen and oxygen atoms in total. The van der Waals surface area contributed by atoms with Crippen LogP contribution >= 0.6 is 0 Å². The van der Waals surface area contributed by atoms with Gasteiger partial charge in [-0.15, -0.1) is 0 Å². The van der Waals surface area contributed by atoms with Gasteiger partial charge in [-0.25, -0.2) is 4.68 Å². The van der Waals surface area contributed by atoms with Crippen LogP contribution in [0.5, 0.6) is 0 Å². The van der Waals surface area contributed by atoms with Gasteiger partial charge in [-0.1, -0.05) is 90.1 Å². The molecule has 0 unspecified atom stereocenters. The molecule has 8 rings (SSSR count). The number of anilines is 2. The van der Waals surface area contributed by atoms with Crippen molar-refractivity contribution in [2.75, 3.05) is 102 Å². The molecular formula is C67H92N7O7+. The van der Waals surface area contributed by atoms with Crippen molar-refractivity contribution < 1.29 is 37.8 Å². The lowest BCUT2D eigenvalue weighted by Crippen LogP contribution is -2.28. The number of nitrogens with one attached hydrogen (secondary N) is 2.